The molecule has 1 aromatic carbocycles. The fourth-order valence-corrected chi connectivity index (χ4v) is 4.50. The summed E-state index contributed by atoms with van der Waals surface area (Å²) in [6, 6.07) is 4.95. The Kier molecular flexibility index (Phi) is 4.05. The Morgan fingerprint density at radius 1 is 1.36 bits per heavy atom. The summed E-state index contributed by atoms with van der Waals surface area (Å²) in [4.78, 5) is 12.2. The minimum atomic E-state index is -3.18. The Bertz CT molecular complexity index is 697. The molecule has 1 aliphatic heterocycles. The molecule has 1 aromatic rings. The monoisotopic (exact) mass is 344 g/mol. The van der Waals surface area contributed by atoms with Gasteiger partial charge in [0.2, 0.25) is 15.9 Å². The van der Waals surface area contributed by atoms with Crippen LogP contribution >= 0.6 is 11.6 Å². The van der Waals surface area contributed by atoms with E-state index in [0.29, 0.717) is 16.5 Å². The molecule has 120 valence electrons. The number of anilines is 1. The van der Waals surface area contributed by atoms with Crippen molar-refractivity contribution in [2.45, 2.75) is 18.1 Å². The lowest BCUT2D eigenvalue weighted by atomic mass is 10.0. The highest BCUT2D eigenvalue weighted by atomic mass is 35.5. The molecule has 0 aromatic heterocycles. The second-order valence-corrected chi connectivity index (χ2v) is 8.24. The maximum atomic E-state index is 12.2. The molecule has 22 heavy (non-hydrogen) atoms. The van der Waals surface area contributed by atoms with Gasteiger partial charge in [0, 0.05) is 18.1 Å². The van der Waals surface area contributed by atoms with Crippen molar-refractivity contribution >= 4 is 33.2 Å². The molecule has 1 N–H and O–H groups in total. The molecule has 0 spiro atoms. The minimum Gasteiger partial charge on any atom is -0.495 e. The van der Waals surface area contributed by atoms with Gasteiger partial charge in [-0.15, -0.1) is 0 Å². The lowest BCUT2D eigenvalue weighted by molar-refractivity contribution is -0.122. The Balaban J connectivity index is 1.61. The smallest absolute Gasteiger partial charge is 0.230 e. The fraction of sp³-hybridized carbons (Fsp3) is 0.500. The van der Waals surface area contributed by atoms with Gasteiger partial charge in [0.25, 0.3) is 0 Å². The Labute approximate surface area is 134 Å². The summed E-state index contributed by atoms with van der Waals surface area (Å²) in [5.74, 6) is -0.0421. The Hall–Kier alpha value is -1.31. The van der Waals surface area contributed by atoms with Gasteiger partial charge in [0.15, 0.2) is 0 Å². The largest absolute Gasteiger partial charge is 0.495 e. The number of rotatable bonds is 5. The van der Waals surface area contributed by atoms with E-state index in [9.17, 15) is 13.2 Å². The summed E-state index contributed by atoms with van der Waals surface area (Å²) in [7, 11) is -1.67. The first-order chi connectivity index (χ1) is 10.4. The second kappa shape index (κ2) is 5.72. The van der Waals surface area contributed by atoms with E-state index in [-0.39, 0.29) is 30.2 Å². The maximum Gasteiger partial charge on any atom is 0.230 e. The lowest BCUT2D eigenvalue weighted by Gasteiger charge is -2.37. The number of amides is 1. The molecule has 0 bridgehead atoms. The number of methoxy groups -OCH3 is 1. The van der Waals surface area contributed by atoms with Crippen LogP contribution in [0.4, 0.5) is 5.69 Å². The van der Waals surface area contributed by atoms with E-state index in [1.54, 1.807) is 18.2 Å². The number of hydrogen-bond acceptors (Lipinski definition) is 4. The van der Waals surface area contributed by atoms with Gasteiger partial charge in [0.05, 0.1) is 24.0 Å². The lowest BCUT2D eigenvalue weighted by Crippen LogP contribution is -2.55. The molecule has 1 amide bonds. The molecule has 1 aliphatic carbocycles. The number of ether oxygens (including phenoxy) is 1. The van der Waals surface area contributed by atoms with E-state index in [4.69, 9.17) is 16.3 Å². The minimum absolute atomic E-state index is 0.220. The highest BCUT2D eigenvalue weighted by molar-refractivity contribution is 7.90. The van der Waals surface area contributed by atoms with Crippen molar-refractivity contribution < 1.29 is 17.9 Å². The van der Waals surface area contributed by atoms with Crippen molar-refractivity contribution in [1.29, 1.82) is 0 Å². The molecular weight excluding hydrogens is 328 g/mol. The highest BCUT2D eigenvalue weighted by Gasteiger charge is 2.46. The van der Waals surface area contributed by atoms with Crippen LogP contribution in [0.1, 0.15) is 12.8 Å². The first kappa shape index (κ1) is 15.6. The Morgan fingerprint density at radius 2 is 2.05 bits per heavy atom. The molecule has 2 fully saturated rings. The third-order valence-corrected chi connectivity index (χ3v) is 6.51. The van der Waals surface area contributed by atoms with E-state index in [1.165, 1.54) is 11.4 Å². The van der Waals surface area contributed by atoms with Crippen LogP contribution < -0.4 is 10.1 Å². The topological polar surface area (TPSA) is 75.7 Å². The molecule has 6 nitrogen and oxygen atoms in total. The van der Waals surface area contributed by atoms with Gasteiger partial charge in [-0.05, 0) is 31.0 Å². The number of nitrogens with zero attached hydrogens (tertiary/aromatic N) is 1. The van der Waals surface area contributed by atoms with Gasteiger partial charge in [0.1, 0.15) is 5.75 Å². The predicted octanol–water partition coefficient (Wildman–Crippen LogP) is 1.71. The van der Waals surface area contributed by atoms with Crippen LogP contribution in [0.5, 0.6) is 5.75 Å². The van der Waals surface area contributed by atoms with E-state index >= 15 is 0 Å². The third-order valence-electron chi connectivity index (χ3n) is 3.94. The molecule has 0 radical (unpaired) electrons. The summed E-state index contributed by atoms with van der Waals surface area (Å²) in [5.41, 5.74) is 0.489. The normalized spacial score (nSPS) is 19.5. The molecule has 1 saturated heterocycles. The summed E-state index contributed by atoms with van der Waals surface area (Å²) < 4.78 is 30.6. The van der Waals surface area contributed by atoms with Crippen molar-refractivity contribution in [2.24, 2.45) is 5.92 Å². The predicted molar refractivity (Wildman–Crippen MR) is 83.6 cm³/mol. The molecule has 0 atom stereocenters. The van der Waals surface area contributed by atoms with Gasteiger partial charge < -0.3 is 10.1 Å². The number of benzene rings is 1. The highest BCUT2D eigenvalue weighted by Crippen LogP contribution is 2.35. The second-order valence-electron chi connectivity index (χ2n) is 5.59. The number of halogens is 1. The molecule has 0 unspecified atom stereocenters. The zero-order chi connectivity index (χ0) is 15.9. The van der Waals surface area contributed by atoms with Crippen LogP contribution in [-0.2, 0) is 14.8 Å². The summed E-state index contributed by atoms with van der Waals surface area (Å²) in [5, 5.41) is 3.01. The van der Waals surface area contributed by atoms with Crippen molar-refractivity contribution in [2.75, 3.05) is 25.5 Å². The summed E-state index contributed by atoms with van der Waals surface area (Å²) in [6.07, 6.45) is 1.46. The quantitative estimate of drug-likeness (QED) is 0.882. The van der Waals surface area contributed by atoms with E-state index in [1.807, 2.05) is 0 Å². The van der Waals surface area contributed by atoms with Crippen LogP contribution in [-0.4, -0.2) is 44.1 Å². The number of hydrogen-bond donors (Lipinski definition) is 1. The van der Waals surface area contributed by atoms with E-state index in [2.05, 4.69) is 5.32 Å². The van der Waals surface area contributed by atoms with Crippen LogP contribution in [0.25, 0.3) is 0 Å². The zero-order valence-electron chi connectivity index (χ0n) is 12.1. The molecular formula is C14H17ClN2O4S. The molecule has 1 heterocycles. The van der Waals surface area contributed by atoms with Crippen LogP contribution in [0, 0.1) is 5.92 Å². The van der Waals surface area contributed by atoms with Gasteiger partial charge in [-0.1, -0.05) is 11.6 Å². The average molecular weight is 345 g/mol. The fourth-order valence-electron chi connectivity index (χ4n) is 2.40. The SMILES string of the molecule is COc1ccc(Cl)cc1NC(=O)C1CN(S(=O)(=O)C2CC2)C1. The van der Waals surface area contributed by atoms with Crippen molar-refractivity contribution in [3.05, 3.63) is 23.2 Å². The van der Waals surface area contributed by atoms with Gasteiger partial charge in [-0.25, -0.2) is 8.42 Å². The standard InChI is InChI=1S/C14H17ClN2O4S/c1-21-13-5-2-10(15)6-12(13)16-14(18)9-7-17(8-9)22(19,20)11-3-4-11/h2,5-6,9,11H,3-4,7-8H2,1H3,(H,16,18). The molecule has 2 aliphatic rings. The zero-order valence-corrected chi connectivity index (χ0v) is 13.7. The number of nitrogens with one attached hydrogen (secondary N) is 1. The maximum absolute atomic E-state index is 12.2. The average Bonchev–Trinajstić information content (AvgIpc) is 3.21. The van der Waals surface area contributed by atoms with Crippen LogP contribution in [0.3, 0.4) is 0 Å². The summed E-state index contributed by atoms with van der Waals surface area (Å²) >= 11 is 5.92. The van der Waals surface area contributed by atoms with Gasteiger partial charge in [-0.3, -0.25) is 4.79 Å². The van der Waals surface area contributed by atoms with Crippen molar-refractivity contribution in [3.63, 3.8) is 0 Å². The van der Waals surface area contributed by atoms with Crippen molar-refractivity contribution in [1.82, 2.24) is 4.31 Å². The van der Waals surface area contributed by atoms with E-state index in [0.717, 1.165) is 12.8 Å². The number of sulfonamides is 1. The Morgan fingerprint density at radius 3 is 2.64 bits per heavy atom. The van der Waals surface area contributed by atoms with Crippen molar-refractivity contribution in [3.8, 4) is 5.75 Å². The van der Waals surface area contributed by atoms with Crippen LogP contribution in [0.2, 0.25) is 5.02 Å². The third kappa shape index (κ3) is 2.93. The first-order valence-electron chi connectivity index (χ1n) is 7.05. The molecule has 3 rings (SSSR count). The van der Waals surface area contributed by atoms with Crippen LogP contribution in [0.15, 0.2) is 18.2 Å². The first-order valence-corrected chi connectivity index (χ1v) is 8.93. The molecule has 8 heteroatoms. The molecule has 1 saturated carbocycles. The van der Waals surface area contributed by atoms with Gasteiger partial charge in [-0.2, -0.15) is 4.31 Å². The van der Waals surface area contributed by atoms with E-state index < -0.39 is 10.0 Å². The number of carbonyl (C=O) groups excluding carboxylic acids is 1. The van der Waals surface area contributed by atoms with Gasteiger partial charge >= 0.3 is 0 Å². The summed E-state index contributed by atoms with van der Waals surface area (Å²) in [6.45, 7) is 0.487. The number of carbonyl (C=O) groups is 1.